The highest BCUT2D eigenvalue weighted by molar-refractivity contribution is 6.09. The Kier molecular flexibility index (Phi) is 6.95. The Morgan fingerprint density at radius 1 is 1.13 bits per heavy atom. The molecule has 38 heavy (non-hydrogen) atoms. The summed E-state index contributed by atoms with van der Waals surface area (Å²) in [6.45, 7) is 2.20. The van der Waals surface area contributed by atoms with Crippen LogP contribution >= 0.6 is 0 Å². The average molecular weight is 516 g/mol. The number of nitro groups is 1. The molecule has 2 aliphatic rings. The van der Waals surface area contributed by atoms with Crippen LogP contribution in [0.25, 0.3) is 6.08 Å². The molecular formula is C28H29N5O5. The standard InChI is InChI=1S/C28H29N5O5/c1-4-31-17-22(33(35)36)26(29-31)28(34)32-27(20-12-6-8-15-24(20)38-3)21-13-9-11-19(25(21)30-32)16-18-10-5-7-14-23(18)37-2/h5-8,10,12,14-17,21,27H,4,9,11,13H2,1-3H3/b19-16-/t21-,27+/m0/s1. The number of aryl methyl sites for hydroxylation is 1. The lowest BCUT2D eigenvalue weighted by molar-refractivity contribution is -0.385. The van der Waals surface area contributed by atoms with Crippen LogP contribution in [0.1, 0.15) is 53.8 Å². The van der Waals surface area contributed by atoms with E-state index in [0.717, 1.165) is 47.4 Å². The molecule has 10 nitrogen and oxygen atoms in total. The van der Waals surface area contributed by atoms with Gasteiger partial charge in [-0.15, -0.1) is 0 Å². The first-order chi connectivity index (χ1) is 18.5. The highest BCUT2D eigenvalue weighted by Crippen LogP contribution is 2.47. The van der Waals surface area contributed by atoms with Crippen molar-refractivity contribution in [2.75, 3.05) is 14.2 Å². The summed E-state index contributed by atoms with van der Waals surface area (Å²) in [6.07, 6.45) is 5.85. The van der Waals surface area contributed by atoms with Crippen LogP contribution in [0.3, 0.4) is 0 Å². The number of ether oxygens (including phenoxy) is 2. The predicted octanol–water partition coefficient (Wildman–Crippen LogP) is 5.27. The topological polar surface area (TPSA) is 112 Å². The third kappa shape index (κ3) is 4.42. The zero-order chi connectivity index (χ0) is 26.8. The Bertz CT molecular complexity index is 1440. The van der Waals surface area contributed by atoms with E-state index in [1.54, 1.807) is 14.2 Å². The molecule has 1 aromatic heterocycles. The summed E-state index contributed by atoms with van der Waals surface area (Å²) >= 11 is 0. The molecule has 2 aromatic carbocycles. The minimum absolute atomic E-state index is 0.114. The van der Waals surface area contributed by atoms with Gasteiger partial charge in [0.05, 0.1) is 30.9 Å². The number of rotatable bonds is 7. The third-order valence-corrected chi connectivity index (χ3v) is 7.10. The molecule has 5 rings (SSSR count). The van der Waals surface area contributed by atoms with Gasteiger partial charge in [-0.2, -0.15) is 10.2 Å². The predicted molar refractivity (Wildman–Crippen MR) is 142 cm³/mol. The van der Waals surface area contributed by atoms with E-state index in [1.165, 1.54) is 15.9 Å². The van der Waals surface area contributed by atoms with Crippen molar-refractivity contribution in [3.8, 4) is 11.5 Å². The first-order valence-electron chi connectivity index (χ1n) is 12.6. The lowest BCUT2D eigenvalue weighted by Crippen LogP contribution is -2.32. The first-order valence-corrected chi connectivity index (χ1v) is 12.6. The van der Waals surface area contributed by atoms with Crippen LogP contribution in [-0.4, -0.2) is 45.6 Å². The fraction of sp³-hybridized carbons (Fsp3) is 0.321. The van der Waals surface area contributed by atoms with Crippen molar-refractivity contribution in [3.63, 3.8) is 0 Å². The van der Waals surface area contributed by atoms with Gasteiger partial charge in [0.1, 0.15) is 17.7 Å². The summed E-state index contributed by atoms with van der Waals surface area (Å²) in [5, 5.41) is 22.3. The van der Waals surface area contributed by atoms with Crippen LogP contribution < -0.4 is 9.47 Å². The van der Waals surface area contributed by atoms with Gasteiger partial charge in [-0.1, -0.05) is 36.4 Å². The lowest BCUT2D eigenvalue weighted by atomic mass is 9.77. The molecule has 1 aliphatic carbocycles. The Morgan fingerprint density at radius 3 is 2.55 bits per heavy atom. The van der Waals surface area contributed by atoms with Crippen LogP contribution in [0.2, 0.25) is 0 Å². The second-order valence-corrected chi connectivity index (χ2v) is 9.21. The monoisotopic (exact) mass is 515 g/mol. The number of nitrogens with zero attached hydrogens (tertiary/aromatic N) is 5. The van der Waals surface area contributed by atoms with Crippen molar-refractivity contribution in [2.24, 2.45) is 11.0 Å². The molecule has 0 N–H and O–H groups in total. The van der Waals surface area contributed by atoms with E-state index in [1.807, 2.05) is 55.5 Å². The van der Waals surface area contributed by atoms with Crippen molar-refractivity contribution in [3.05, 3.63) is 87.2 Å². The van der Waals surface area contributed by atoms with Gasteiger partial charge in [0.15, 0.2) is 0 Å². The van der Waals surface area contributed by atoms with Gasteiger partial charge in [0.25, 0.3) is 0 Å². The van der Waals surface area contributed by atoms with E-state index in [4.69, 9.17) is 14.6 Å². The van der Waals surface area contributed by atoms with Gasteiger partial charge in [-0.05, 0) is 50.0 Å². The van der Waals surface area contributed by atoms with Gasteiger partial charge >= 0.3 is 11.6 Å². The maximum Gasteiger partial charge on any atom is 0.320 e. The zero-order valence-electron chi connectivity index (χ0n) is 21.5. The average Bonchev–Trinajstić information content (AvgIpc) is 3.56. The maximum absolute atomic E-state index is 14.0. The largest absolute Gasteiger partial charge is 0.496 e. The van der Waals surface area contributed by atoms with Gasteiger partial charge in [-0.25, -0.2) is 5.01 Å². The van der Waals surface area contributed by atoms with Gasteiger partial charge in [0.2, 0.25) is 5.69 Å². The van der Waals surface area contributed by atoms with E-state index in [9.17, 15) is 14.9 Å². The molecule has 10 heteroatoms. The van der Waals surface area contributed by atoms with Gasteiger partial charge in [0, 0.05) is 23.6 Å². The molecule has 0 spiro atoms. The smallest absolute Gasteiger partial charge is 0.320 e. The lowest BCUT2D eigenvalue weighted by Gasteiger charge is -2.30. The van der Waals surface area contributed by atoms with Crippen molar-refractivity contribution in [2.45, 2.75) is 38.8 Å². The van der Waals surface area contributed by atoms with Crippen molar-refractivity contribution >= 4 is 23.4 Å². The molecule has 0 radical (unpaired) electrons. The molecule has 2 atom stereocenters. The quantitative estimate of drug-likeness (QED) is 0.313. The number of hydrazone groups is 1. The number of hydrogen-bond acceptors (Lipinski definition) is 7. The number of hydrogen-bond donors (Lipinski definition) is 0. The van der Waals surface area contributed by atoms with Crippen molar-refractivity contribution in [1.29, 1.82) is 0 Å². The zero-order valence-corrected chi connectivity index (χ0v) is 21.5. The molecule has 2 heterocycles. The Hall–Kier alpha value is -4.47. The fourth-order valence-corrected chi connectivity index (χ4v) is 5.33. The summed E-state index contributed by atoms with van der Waals surface area (Å²) < 4.78 is 12.6. The molecule has 196 valence electrons. The molecule has 1 amide bonds. The molecule has 0 unspecified atom stereocenters. The van der Waals surface area contributed by atoms with Crippen LogP contribution in [0.4, 0.5) is 5.69 Å². The number of aromatic nitrogens is 2. The number of carbonyl (C=O) groups excluding carboxylic acids is 1. The highest BCUT2D eigenvalue weighted by atomic mass is 16.6. The summed E-state index contributed by atoms with van der Waals surface area (Å²) in [6, 6.07) is 14.8. The van der Waals surface area contributed by atoms with Crippen LogP contribution in [0.5, 0.6) is 11.5 Å². The van der Waals surface area contributed by atoms with Gasteiger partial charge < -0.3 is 9.47 Å². The summed E-state index contributed by atoms with van der Waals surface area (Å²) in [4.78, 5) is 25.2. The number of benzene rings is 2. The molecule has 1 saturated carbocycles. The minimum Gasteiger partial charge on any atom is -0.496 e. The molecular weight excluding hydrogens is 486 g/mol. The minimum atomic E-state index is -0.613. The number of amides is 1. The molecule has 0 bridgehead atoms. The van der Waals surface area contributed by atoms with E-state index in [2.05, 4.69) is 11.2 Å². The van der Waals surface area contributed by atoms with E-state index in [0.29, 0.717) is 12.3 Å². The first kappa shape index (κ1) is 25.2. The fourth-order valence-electron chi connectivity index (χ4n) is 5.33. The number of para-hydroxylation sites is 2. The second-order valence-electron chi connectivity index (χ2n) is 9.21. The number of carbonyl (C=O) groups is 1. The summed E-state index contributed by atoms with van der Waals surface area (Å²) in [5.74, 6) is 0.646. The normalized spacial score (nSPS) is 19.7. The SMILES string of the molecule is CCn1cc([N+](=O)[O-])c(C(=O)N2N=C3/C(=C\c4ccccc4OC)CCC[C@@H]3[C@H]2c2ccccc2OC)n1. The Morgan fingerprint density at radius 2 is 1.84 bits per heavy atom. The molecule has 3 aromatic rings. The summed E-state index contributed by atoms with van der Waals surface area (Å²) in [5.41, 5.74) is 2.96. The van der Waals surface area contributed by atoms with Crippen molar-refractivity contribution < 1.29 is 19.2 Å². The van der Waals surface area contributed by atoms with Crippen LogP contribution in [0, 0.1) is 16.0 Å². The van der Waals surface area contributed by atoms with Crippen molar-refractivity contribution in [1.82, 2.24) is 14.8 Å². The van der Waals surface area contributed by atoms with Gasteiger partial charge in [-0.3, -0.25) is 19.6 Å². The Balaban J connectivity index is 1.65. The molecule has 1 aliphatic heterocycles. The van der Waals surface area contributed by atoms with Crippen LogP contribution in [-0.2, 0) is 6.54 Å². The molecule has 0 saturated heterocycles. The van der Waals surface area contributed by atoms with E-state index < -0.39 is 16.9 Å². The highest BCUT2D eigenvalue weighted by Gasteiger charge is 2.46. The van der Waals surface area contributed by atoms with Crippen LogP contribution in [0.15, 0.2) is 65.4 Å². The summed E-state index contributed by atoms with van der Waals surface area (Å²) in [7, 11) is 3.22. The number of methoxy groups -OCH3 is 2. The number of allylic oxidation sites excluding steroid dienone is 1. The molecule has 1 fully saturated rings. The maximum atomic E-state index is 14.0. The number of fused-ring (bicyclic) bond motifs is 1. The van der Waals surface area contributed by atoms with E-state index >= 15 is 0 Å². The third-order valence-electron chi connectivity index (χ3n) is 7.10. The second kappa shape index (κ2) is 10.5. The van der Waals surface area contributed by atoms with E-state index in [-0.39, 0.29) is 17.3 Å². The Labute approximate surface area is 220 Å².